The number of nitrogens with zero attached hydrogens (tertiary/aromatic N) is 4. The summed E-state index contributed by atoms with van der Waals surface area (Å²) in [6, 6.07) is 3.23. The van der Waals surface area contributed by atoms with Gasteiger partial charge in [-0.1, -0.05) is 31.2 Å². The van der Waals surface area contributed by atoms with E-state index in [0.29, 0.717) is 16.6 Å². The van der Waals surface area contributed by atoms with Crippen LogP contribution in [0.3, 0.4) is 0 Å². The molecule has 0 aliphatic heterocycles. The number of carbonyl (C=O) groups is 1. The first-order valence-corrected chi connectivity index (χ1v) is 11.2. The molecule has 0 saturated heterocycles. The molecule has 24 heavy (non-hydrogen) atoms. The molecule has 3 rings (SSSR count). The topological polar surface area (TPSA) is 83.0 Å². The fourth-order valence-electron chi connectivity index (χ4n) is 2.25. The van der Waals surface area contributed by atoms with E-state index >= 15 is 0 Å². The summed E-state index contributed by atoms with van der Waals surface area (Å²) in [7, 11) is -0.254. The third-order valence-corrected chi connectivity index (χ3v) is 5.26. The zero-order valence-electron chi connectivity index (χ0n) is 13.8. The Morgan fingerprint density at radius 1 is 1.33 bits per heavy atom. The van der Waals surface area contributed by atoms with Gasteiger partial charge in [0.05, 0.1) is 6.26 Å². The molecule has 0 saturated carbocycles. The third-order valence-electron chi connectivity index (χ3n) is 3.43. The molecular weight excluding hydrogens is 348 g/mol. The quantitative estimate of drug-likeness (QED) is 0.393. The fourth-order valence-corrected chi connectivity index (χ4v) is 3.41. The zero-order chi connectivity index (χ0) is 17.5. The number of hydrogen-bond acceptors (Lipinski definition) is 6. The maximum Gasteiger partial charge on any atom is 0.263 e. The number of aromatic nitrogens is 4. The van der Waals surface area contributed by atoms with Gasteiger partial charge < -0.3 is 9.15 Å². The van der Waals surface area contributed by atoms with Crippen LogP contribution in [-0.2, 0) is 11.5 Å². The lowest BCUT2D eigenvalue weighted by Crippen LogP contribution is -2.42. The number of furan rings is 1. The average Bonchev–Trinajstić information content (AvgIpc) is 3.15. The van der Waals surface area contributed by atoms with Crippen molar-refractivity contribution in [1.82, 2.24) is 19.5 Å². The lowest BCUT2D eigenvalue weighted by molar-refractivity contribution is 0.0962. The Hall–Kier alpha value is -2.03. The molecule has 3 aromatic rings. The van der Waals surface area contributed by atoms with Crippen molar-refractivity contribution >= 4 is 42.1 Å². The van der Waals surface area contributed by atoms with Crippen LogP contribution >= 0.6 is 11.6 Å². The highest BCUT2D eigenvalue weighted by Gasteiger charge is 2.27. The van der Waals surface area contributed by atoms with Crippen LogP contribution in [0.5, 0.6) is 0 Å². The van der Waals surface area contributed by atoms with Crippen molar-refractivity contribution in [1.29, 1.82) is 0 Å². The maximum absolute atomic E-state index is 12.7. The summed E-state index contributed by atoms with van der Waals surface area (Å²) in [4.78, 5) is 26.0. The molecule has 0 atom stereocenters. The van der Waals surface area contributed by atoms with Crippen LogP contribution in [-0.4, -0.2) is 40.5 Å². The third kappa shape index (κ3) is 2.88. The first-order valence-electron chi connectivity index (χ1n) is 7.34. The van der Waals surface area contributed by atoms with E-state index in [0.717, 1.165) is 0 Å². The van der Waals surface area contributed by atoms with Crippen molar-refractivity contribution in [2.75, 3.05) is 7.11 Å². The van der Waals surface area contributed by atoms with Gasteiger partial charge in [0.1, 0.15) is 25.8 Å². The Kier molecular flexibility index (Phi) is 4.28. The number of methoxy groups -OCH3 is 1. The van der Waals surface area contributed by atoms with E-state index in [-0.39, 0.29) is 29.3 Å². The molecule has 126 valence electrons. The van der Waals surface area contributed by atoms with E-state index in [2.05, 4.69) is 34.6 Å². The second kappa shape index (κ2) is 6.12. The molecule has 3 heterocycles. The zero-order valence-corrected chi connectivity index (χ0v) is 15.6. The molecule has 0 fully saturated rings. The Labute approximate surface area is 144 Å². The molecule has 0 unspecified atom stereocenters. The van der Waals surface area contributed by atoms with Gasteiger partial charge >= 0.3 is 0 Å². The van der Waals surface area contributed by atoms with Gasteiger partial charge in [0.2, 0.25) is 0 Å². The van der Waals surface area contributed by atoms with Gasteiger partial charge in [-0.15, -0.1) is 0 Å². The molecule has 0 bridgehead atoms. The SMILES string of the molecule is COCn1c(C(=O)c2ccco2)nc2c(Cl)nc([Si](C)(C)C)nc21. The Bertz CT molecular complexity index is 900. The summed E-state index contributed by atoms with van der Waals surface area (Å²) < 4.78 is 12.0. The average molecular weight is 365 g/mol. The first-order chi connectivity index (χ1) is 11.3. The molecule has 0 aliphatic rings. The largest absolute Gasteiger partial charge is 0.461 e. The van der Waals surface area contributed by atoms with Crippen molar-refractivity contribution in [3.8, 4) is 0 Å². The van der Waals surface area contributed by atoms with Crippen molar-refractivity contribution in [3.05, 3.63) is 35.1 Å². The van der Waals surface area contributed by atoms with E-state index in [9.17, 15) is 4.79 Å². The summed E-state index contributed by atoms with van der Waals surface area (Å²) in [6.45, 7) is 6.49. The number of carbonyl (C=O) groups excluding carboxylic acids is 1. The number of halogens is 1. The normalized spacial score (nSPS) is 12.0. The lowest BCUT2D eigenvalue weighted by atomic mass is 10.3. The summed E-state index contributed by atoms with van der Waals surface area (Å²) in [5.41, 5.74) is 1.57. The van der Waals surface area contributed by atoms with Gasteiger partial charge in [-0.05, 0) is 12.1 Å². The number of rotatable bonds is 5. The molecule has 0 aromatic carbocycles. The fraction of sp³-hybridized carbons (Fsp3) is 0.333. The maximum atomic E-state index is 12.7. The second-order valence-electron chi connectivity index (χ2n) is 6.35. The van der Waals surface area contributed by atoms with Gasteiger partial charge in [0, 0.05) is 7.11 Å². The summed E-state index contributed by atoms with van der Waals surface area (Å²) in [5, 5.41) is 0.237. The molecular formula is C15H17ClN4O3Si. The van der Waals surface area contributed by atoms with E-state index in [1.165, 1.54) is 13.4 Å². The Morgan fingerprint density at radius 2 is 2.08 bits per heavy atom. The van der Waals surface area contributed by atoms with Crippen LogP contribution in [0.4, 0.5) is 0 Å². The Morgan fingerprint density at radius 3 is 2.67 bits per heavy atom. The molecule has 0 amide bonds. The smallest absolute Gasteiger partial charge is 0.263 e. The van der Waals surface area contributed by atoms with E-state index < -0.39 is 8.07 Å². The summed E-state index contributed by atoms with van der Waals surface area (Å²) in [5.74, 6) is -0.0106. The number of ketones is 1. The molecule has 0 radical (unpaired) electrons. The van der Waals surface area contributed by atoms with Crippen LogP contribution in [0.25, 0.3) is 11.2 Å². The summed E-state index contributed by atoms with van der Waals surface area (Å²) >= 11 is 6.30. The first kappa shape index (κ1) is 16.8. The van der Waals surface area contributed by atoms with E-state index in [4.69, 9.17) is 20.8 Å². The van der Waals surface area contributed by atoms with Crippen LogP contribution in [0.1, 0.15) is 16.4 Å². The second-order valence-corrected chi connectivity index (χ2v) is 11.7. The molecule has 0 N–H and O–H groups in total. The van der Waals surface area contributed by atoms with Gasteiger partial charge in [0.15, 0.2) is 22.4 Å². The number of fused-ring (bicyclic) bond motifs is 1. The number of hydrogen-bond donors (Lipinski definition) is 0. The predicted octanol–water partition coefficient (Wildman–Crippen LogP) is 2.45. The van der Waals surface area contributed by atoms with Crippen molar-refractivity contribution in [3.63, 3.8) is 0 Å². The molecule has 0 spiro atoms. The minimum atomic E-state index is -1.79. The van der Waals surface area contributed by atoms with Crippen LogP contribution < -0.4 is 5.45 Å². The minimum Gasteiger partial charge on any atom is -0.461 e. The van der Waals surface area contributed by atoms with E-state index in [1.807, 2.05) is 0 Å². The van der Waals surface area contributed by atoms with Crippen molar-refractivity contribution < 1.29 is 13.9 Å². The lowest BCUT2D eigenvalue weighted by Gasteiger charge is -2.14. The van der Waals surface area contributed by atoms with Crippen LogP contribution in [0.2, 0.25) is 24.8 Å². The standard InChI is InChI=1S/C15H17ClN4O3Si/c1-22-8-20-13-10(12(16)18-15(19-13)24(2,3)4)17-14(20)11(21)9-6-5-7-23-9/h5-7H,8H2,1-4H3. The van der Waals surface area contributed by atoms with E-state index in [1.54, 1.807) is 16.7 Å². The predicted molar refractivity (Wildman–Crippen MR) is 92.5 cm³/mol. The highest BCUT2D eigenvalue weighted by Crippen LogP contribution is 2.22. The van der Waals surface area contributed by atoms with Crippen molar-refractivity contribution in [2.24, 2.45) is 0 Å². The monoisotopic (exact) mass is 364 g/mol. The summed E-state index contributed by atoms with van der Waals surface area (Å²) in [6.07, 6.45) is 1.44. The van der Waals surface area contributed by atoms with Crippen LogP contribution in [0, 0.1) is 0 Å². The molecule has 9 heteroatoms. The van der Waals surface area contributed by atoms with Gasteiger partial charge in [-0.2, -0.15) is 0 Å². The highest BCUT2D eigenvalue weighted by molar-refractivity contribution is 6.87. The van der Waals surface area contributed by atoms with Gasteiger partial charge in [-0.3, -0.25) is 9.36 Å². The molecule has 7 nitrogen and oxygen atoms in total. The van der Waals surface area contributed by atoms with Crippen molar-refractivity contribution in [2.45, 2.75) is 26.4 Å². The minimum absolute atomic E-state index is 0.122. The molecule has 0 aliphatic carbocycles. The number of imidazole rings is 1. The highest BCUT2D eigenvalue weighted by atomic mass is 35.5. The Balaban J connectivity index is 2.25. The van der Waals surface area contributed by atoms with Gasteiger partial charge in [-0.25, -0.2) is 15.0 Å². The molecule has 3 aromatic heterocycles. The van der Waals surface area contributed by atoms with Crippen LogP contribution in [0.15, 0.2) is 22.8 Å². The van der Waals surface area contributed by atoms with Gasteiger partial charge in [0.25, 0.3) is 5.78 Å². The number of ether oxygens (including phenoxy) is 1.